The maximum absolute atomic E-state index is 13.7. The van der Waals surface area contributed by atoms with E-state index in [1.807, 2.05) is 74.8 Å². The van der Waals surface area contributed by atoms with Gasteiger partial charge in [-0.2, -0.15) is 0 Å². The number of nitrogens with one attached hydrogen (secondary N) is 2. The fourth-order valence-corrected chi connectivity index (χ4v) is 9.15. The van der Waals surface area contributed by atoms with E-state index in [1.54, 1.807) is 11.8 Å². The van der Waals surface area contributed by atoms with Crippen molar-refractivity contribution < 1.29 is 13.3 Å². The number of sulfonamides is 1. The van der Waals surface area contributed by atoms with Crippen LogP contribution >= 0.6 is 23.4 Å². The first-order valence-electron chi connectivity index (χ1n) is 19.0. The summed E-state index contributed by atoms with van der Waals surface area (Å²) in [6, 6.07) is 35.9. The fraction of sp³-hybridized carbons (Fsp3) is 0.256. The molecule has 300 valence electrons. The summed E-state index contributed by atoms with van der Waals surface area (Å²) in [5.74, 6) is 0.753. The zero-order valence-corrected chi connectivity index (χ0v) is 34.7. The van der Waals surface area contributed by atoms with Crippen molar-refractivity contribution in [1.82, 2.24) is 19.8 Å². The van der Waals surface area contributed by atoms with Gasteiger partial charge < -0.3 is 15.1 Å². The van der Waals surface area contributed by atoms with Crippen LogP contribution in [0.15, 0.2) is 131 Å². The standard InChI is InChI=1S/C43H45ClN8O4S2/c1-49(2)21-20-34(29-57-36-9-4-3-5-10-36)47-40-19-17-37(27-42(40)52(53)54)58(55,56)48-43-39-18-16-35(26-41(39)45-30-46-43)51-24-22-50(23-25-51)28-32-8-6-7-11-38(32)31-12-14-33(44)15-13-31/h3-19,26-27,30,34,47H,20-25,28-29H2,1-2H3,(H,45,46,48)/t34-/m0/s1. The molecule has 1 atom stereocenters. The Morgan fingerprint density at radius 2 is 1.64 bits per heavy atom. The van der Waals surface area contributed by atoms with E-state index in [4.69, 9.17) is 11.6 Å². The van der Waals surface area contributed by atoms with E-state index >= 15 is 0 Å². The summed E-state index contributed by atoms with van der Waals surface area (Å²) in [7, 11) is -0.311. The second kappa shape index (κ2) is 18.6. The maximum Gasteiger partial charge on any atom is 0.293 e. The number of nitrogens with zero attached hydrogens (tertiary/aromatic N) is 6. The van der Waals surface area contributed by atoms with E-state index in [1.165, 1.54) is 29.6 Å². The minimum Gasteiger partial charge on any atom is -0.376 e. The monoisotopic (exact) mass is 836 g/mol. The quantitative estimate of drug-likeness (QED) is 0.0552. The molecule has 1 aromatic heterocycles. The van der Waals surface area contributed by atoms with E-state index in [-0.39, 0.29) is 28.1 Å². The summed E-state index contributed by atoms with van der Waals surface area (Å²) < 4.78 is 30.0. The lowest BCUT2D eigenvalue weighted by Crippen LogP contribution is -2.46. The van der Waals surface area contributed by atoms with Gasteiger partial charge in [0.1, 0.15) is 12.0 Å². The summed E-state index contributed by atoms with van der Waals surface area (Å²) in [5.41, 5.74) is 5.08. The van der Waals surface area contributed by atoms with Gasteiger partial charge in [-0.05, 0) is 98.3 Å². The third-order valence-electron chi connectivity index (χ3n) is 10.1. The van der Waals surface area contributed by atoms with Gasteiger partial charge in [0.15, 0.2) is 5.82 Å². The summed E-state index contributed by atoms with van der Waals surface area (Å²) in [6.45, 7) is 4.95. The first-order chi connectivity index (χ1) is 28.0. The molecule has 0 aliphatic carbocycles. The lowest BCUT2D eigenvalue weighted by atomic mass is 9.99. The molecule has 0 spiro atoms. The van der Waals surface area contributed by atoms with Crippen LogP contribution in [0.4, 0.5) is 22.9 Å². The highest BCUT2D eigenvalue weighted by Gasteiger charge is 2.25. The molecule has 15 heteroatoms. The molecular weight excluding hydrogens is 792 g/mol. The lowest BCUT2D eigenvalue weighted by molar-refractivity contribution is -0.384. The van der Waals surface area contributed by atoms with Crippen LogP contribution in [0.1, 0.15) is 12.0 Å². The highest BCUT2D eigenvalue weighted by atomic mass is 35.5. The van der Waals surface area contributed by atoms with Crippen molar-refractivity contribution in [2.24, 2.45) is 0 Å². The summed E-state index contributed by atoms with van der Waals surface area (Å²) >= 11 is 7.80. The zero-order valence-electron chi connectivity index (χ0n) is 32.3. The number of piperazine rings is 1. The fourth-order valence-electron chi connectivity index (χ4n) is 6.98. The molecule has 2 N–H and O–H groups in total. The average Bonchev–Trinajstić information content (AvgIpc) is 3.23. The molecule has 7 rings (SSSR count). The summed E-state index contributed by atoms with van der Waals surface area (Å²) in [6.07, 6.45) is 2.04. The van der Waals surface area contributed by atoms with E-state index in [9.17, 15) is 18.5 Å². The van der Waals surface area contributed by atoms with Gasteiger partial charge in [0.25, 0.3) is 15.7 Å². The van der Waals surface area contributed by atoms with Gasteiger partial charge in [-0.15, -0.1) is 11.8 Å². The number of benzene rings is 5. The van der Waals surface area contributed by atoms with Gasteiger partial charge in [-0.25, -0.2) is 18.4 Å². The van der Waals surface area contributed by atoms with Crippen molar-refractivity contribution in [3.8, 4) is 11.1 Å². The van der Waals surface area contributed by atoms with Crippen molar-refractivity contribution in [2.45, 2.75) is 28.8 Å². The Labute approximate surface area is 348 Å². The number of halogens is 1. The first-order valence-corrected chi connectivity index (χ1v) is 21.8. The molecule has 1 fully saturated rings. The number of anilines is 3. The third-order valence-corrected chi connectivity index (χ3v) is 12.9. The van der Waals surface area contributed by atoms with E-state index in [0.29, 0.717) is 21.7 Å². The molecule has 0 amide bonds. The number of nitro groups is 1. The van der Waals surface area contributed by atoms with Gasteiger partial charge in [0, 0.05) is 71.6 Å². The van der Waals surface area contributed by atoms with Crippen LogP contribution in [0.3, 0.4) is 0 Å². The molecule has 0 unspecified atom stereocenters. The molecule has 58 heavy (non-hydrogen) atoms. The number of hydrogen-bond acceptors (Lipinski definition) is 11. The third kappa shape index (κ3) is 10.2. The van der Waals surface area contributed by atoms with Crippen LogP contribution in [-0.2, 0) is 16.6 Å². The van der Waals surface area contributed by atoms with Crippen LogP contribution in [0.2, 0.25) is 5.02 Å². The van der Waals surface area contributed by atoms with Crippen molar-refractivity contribution in [2.75, 3.05) is 67.5 Å². The molecular formula is C43H45ClN8O4S2. The molecule has 1 saturated heterocycles. The van der Waals surface area contributed by atoms with Crippen LogP contribution in [-0.4, -0.2) is 91.7 Å². The number of thioether (sulfide) groups is 1. The summed E-state index contributed by atoms with van der Waals surface area (Å²) in [4.78, 5) is 28.1. The Hall–Kier alpha value is -5.25. The molecule has 0 saturated carbocycles. The average molecular weight is 837 g/mol. The van der Waals surface area contributed by atoms with Crippen molar-refractivity contribution in [3.05, 3.63) is 142 Å². The molecule has 1 aliphatic rings. The van der Waals surface area contributed by atoms with Crippen LogP contribution in [0.25, 0.3) is 22.0 Å². The molecule has 6 aromatic rings. The molecule has 0 bridgehead atoms. The second-order valence-electron chi connectivity index (χ2n) is 14.4. The van der Waals surface area contributed by atoms with Gasteiger partial charge in [-0.3, -0.25) is 19.7 Å². The van der Waals surface area contributed by atoms with E-state index in [2.05, 4.69) is 71.1 Å². The SMILES string of the molecule is CN(C)CC[C@@H](CSc1ccccc1)Nc1ccc(S(=O)(=O)Nc2ncnc3cc(N4CCN(Cc5ccccc5-c5ccc(Cl)cc5)CC4)ccc23)cc1[N+](=O)[O-]. The number of aromatic nitrogens is 2. The van der Waals surface area contributed by atoms with Gasteiger partial charge >= 0.3 is 0 Å². The van der Waals surface area contributed by atoms with Crippen molar-refractivity contribution >= 4 is 67.2 Å². The molecule has 1 aliphatic heterocycles. The Balaban J connectivity index is 1.02. The first kappa shape index (κ1) is 40.9. The Kier molecular flexibility index (Phi) is 13.1. The molecule has 2 heterocycles. The van der Waals surface area contributed by atoms with Gasteiger partial charge in [0.05, 0.1) is 15.3 Å². The highest BCUT2D eigenvalue weighted by molar-refractivity contribution is 7.99. The maximum atomic E-state index is 13.7. The Morgan fingerprint density at radius 3 is 2.38 bits per heavy atom. The smallest absolute Gasteiger partial charge is 0.293 e. The molecule has 12 nitrogen and oxygen atoms in total. The predicted molar refractivity (Wildman–Crippen MR) is 236 cm³/mol. The number of nitro benzene ring substituents is 1. The van der Waals surface area contributed by atoms with Gasteiger partial charge in [0.2, 0.25) is 0 Å². The van der Waals surface area contributed by atoms with Gasteiger partial charge in [-0.1, -0.05) is 66.2 Å². The van der Waals surface area contributed by atoms with Crippen LogP contribution < -0.4 is 14.9 Å². The van der Waals surface area contributed by atoms with Crippen LogP contribution in [0.5, 0.6) is 0 Å². The topological polar surface area (TPSA) is 137 Å². The minimum atomic E-state index is -4.26. The number of hydrogen-bond donors (Lipinski definition) is 2. The number of rotatable bonds is 16. The Bertz CT molecular complexity index is 2470. The normalized spacial score (nSPS) is 14.1. The second-order valence-corrected chi connectivity index (χ2v) is 17.7. The molecule has 5 aromatic carbocycles. The van der Waals surface area contributed by atoms with Crippen molar-refractivity contribution in [3.63, 3.8) is 0 Å². The summed E-state index contributed by atoms with van der Waals surface area (Å²) in [5, 5.41) is 16.9. The van der Waals surface area contributed by atoms with E-state index in [0.717, 1.165) is 67.9 Å². The largest absolute Gasteiger partial charge is 0.376 e. The van der Waals surface area contributed by atoms with Crippen LogP contribution in [0, 0.1) is 10.1 Å². The number of fused-ring (bicyclic) bond motifs is 1. The van der Waals surface area contributed by atoms with Crippen molar-refractivity contribution in [1.29, 1.82) is 0 Å². The van der Waals surface area contributed by atoms with E-state index < -0.39 is 14.9 Å². The highest BCUT2D eigenvalue weighted by Crippen LogP contribution is 2.33. The molecule has 0 radical (unpaired) electrons. The zero-order chi connectivity index (χ0) is 40.6. The lowest BCUT2D eigenvalue weighted by Gasteiger charge is -2.36. The predicted octanol–water partition coefficient (Wildman–Crippen LogP) is 8.51. The Morgan fingerprint density at radius 1 is 0.897 bits per heavy atom. The minimum absolute atomic E-state index is 0.0901.